The molecule has 6 nitrogen and oxygen atoms in total. The lowest BCUT2D eigenvalue weighted by Gasteiger charge is -2.15. The molecule has 0 N–H and O–H groups in total. The van der Waals surface area contributed by atoms with Gasteiger partial charge < -0.3 is 28.4 Å². The molecule has 0 bridgehead atoms. The number of rotatable bonds is 1. The highest BCUT2D eigenvalue weighted by Gasteiger charge is 2.04. The Balaban J connectivity index is 2.16. The molecule has 0 saturated carbocycles. The van der Waals surface area contributed by atoms with E-state index < -0.39 is 0 Å². The summed E-state index contributed by atoms with van der Waals surface area (Å²) >= 11 is 0. The molecule has 1 fully saturated rings. The molecule has 0 aromatic heterocycles. The Morgan fingerprint density at radius 3 is 1.45 bits per heavy atom. The summed E-state index contributed by atoms with van der Waals surface area (Å²) in [6, 6.07) is 0. The largest absolute Gasteiger partial charge is 0.377 e. The highest BCUT2D eigenvalue weighted by Crippen LogP contribution is 1.96. The van der Waals surface area contributed by atoms with Gasteiger partial charge >= 0.3 is 0 Å². The number of ether oxygens (including phenoxy) is 6. The van der Waals surface area contributed by atoms with Gasteiger partial charge in [0.15, 0.2) is 0 Å². The molecule has 0 spiro atoms. The zero-order valence-electron chi connectivity index (χ0n) is 12.1. The predicted molar refractivity (Wildman–Crippen MR) is 74.0 cm³/mol. The summed E-state index contributed by atoms with van der Waals surface area (Å²) in [5, 5.41) is 0. The van der Waals surface area contributed by atoms with E-state index in [1.165, 1.54) is 0 Å². The monoisotopic (exact) mass is 290 g/mol. The maximum Gasteiger partial charge on any atom is 0.0987 e. The second-order valence-electron chi connectivity index (χ2n) is 4.17. The van der Waals surface area contributed by atoms with Crippen LogP contribution in [-0.2, 0) is 28.4 Å². The highest BCUT2D eigenvalue weighted by molar-refractivity contribution is 4.79. The van der Waals surface area contributed by atoms with Crippen LogP contribution in [0.2, 0.25) is 0 Å². The fraction of sp³-hybridized carbons (Fsp3) is 0.857. The molecule has 1 aliphatic rings. The van der Waals surface area contributed by atoms with Crippen LogP contribution in [0.1, 0.15) is 0 Å². The lowest BCUT2D eigenvalue weighted by molar-refractivity contribution is -0.0479. The summed E-state index contributed by atoms with van der Waals surface area (Å²) in [6.45, 7) is 9.73. The quantitative estimate of drug-likeness (QED) is 0.661. The van der Waals surface area contributed by atoms with Crippen molar-refractivity contribution in [3.8, 4) is 0 Å². The van der Waals surface area contributed by atoms with E-state index in [9.17, 15) is 0 Å². The van der Waals surface area contributed by atoms with Gasteiger partial charge in [-0.1, -0.05) is 6.08 Å². The van der Waals surface area contributed by atoms with Crippen molar-refractivity contribution >= 4 is 0 Å². The van der Waals surface area contributed by atoms with Gasteiger partial charge in [0.1, 0.15) is 0 Å². The Bertz CT molecular complexity index is 206. The van der Waals surface area contributed by atoms with E-state index in [1.807, 2.05) is 0 Å². The molecule has 0 aliphatic carbocycles. The van der Waals surface area contributed by atoms with Crippen LogP contribution in [0.3, 0.4) is 0 Å². The van der Waals surface area contributed by atoms with Crippen LogP contribution >= 0.6 is 0 Å². The third-order valence-corrected chi connectivity index (χ3v) is 2.59. The Hall–Kier alpha value is -0.500. The van der Waals surface area contributed by atoms with E-state index in [0.717, 1.165) is 0 Å². The van der Waals surface area contributed by atoms with E-state index in [2.05, 4.69) is 6.58 Å². The molecule has 1 heterocycles. The first-order valence-corrected chi connectivity index (χ1v) is 7.06. The molecule has 0 aromatic carbocycles. The Labute approximate surface area is 120 Å². The van der Waals surface area contributed by atoms with Crippen LogP contribution in [0, 0.1) is 0 Å². The topological polar surface area (TPSA) is 55.4 Å². The van der Waals surface area contributed by atoms with Gasteiger partial charge in [-0.15, -0.1) is 6.58 Å². The van der Waals surface area contributed by atoms with Gasteiger partial charge in [0.25, 0.3) is 0 Å². The van der Waals surface area contributed by atoms with Crippen LogP contribution in [0.4, 0.5) is 0 Å². The van der Waals surface area contributed by atoms with Crippen molar-refractivity contribution in [2.45, 2.75) is 6.10 Å². The van der Waals surface area contributed by atoms with Crippen molar-refractivity contribution in [2.75, 3.05) is 72.7 Å². The van der Waals surface area contributed by atoms with E-state index in [-0.39, 0.29) is 6.10 Å². The minimum atomic E-state index is -0.114. The Morgan fingerprint density at radius 2 is 1.00 bits per heavy atom. The van der Waals surface area contributed by atoms with Gasteiger partial charge in [0, 0.05) is 0 Å². The maximum atomic E-state index is 5.57. The third-order valence-electron chi connectivity index (χ3n) is 2.59. The van der Waals surface area contributed by atoms with Crippen LogP contribution in [0.5, 0.6) is 0 Å². The van der Waals surface area contributed by atoms with Gasteiger partial charge in [0.2, 0.25) is 0 Å². The molecule has 0 amide bonds. The standard InChI is InChI=1S/C14H26O6/c1-2-14-13-19-10-9-17-6-5-15-3-4-16-7-8-18-11-12-20-14/h2,14H,1,3-13H2. The summed E-state index contributed by atoms with van der Waals surface area (Å²) in [7, 11) is 0. The normalized spacial score (nSPS) is 26.3. The summed E-state index contributed by atoms with van der Waals surface area (Å²) < 4.78 is 32.5. The zero-order valence-corrected chi connectivity index (χ0v) is 12.1. The Kier molecular flexibility index (Phi) is 11.8. The summed E-state index contributed by atoms with van der Waals surface area (Å²) in [4.78, 5) is 0. The lowest BCUT2D eigenvalue weighted by atomic mass is 10.4. The predicted octanol–water partition coefficient (Wildman–Crippen LogP) is 0.654. The molecular weight excluding hydrogens is 264 g/mol. The molecule has 0 radical (unpaired) electrons. The van der Waals surface area contributed by atoms with Gasteiger partial charge in [-0.25, -0.2) is 0 Å². The van der Waals surface area contributed by atoms with Crippen molar-refractivity contribution in [1.82, 2.24) is 0 Å². The fourth-order valence-electron chi connectivity index (χ4n) is 1.52. The first-order chi connectivity index (χ1) is 9.93. The van der Waals surface area contributed by atoms with Crippen molar-refractivity contribution in [3.63, 3.8) is 0 Å². The zero-order chi connectivity index (χ0) is 14.3. The average molecular weight is 290 g/mol. The molecular formula is C14H26O6. The summed E-state index contributed by atoms with van der Waals surface area (Å²) in [6.07, 6.45) is 1.62. The third kappa shape index (κ3) is 10.3. The van der Waals surface area contributed by atoms with Crippen LogP contribution in [0.15, 0.2) is 12.7 Å². The lowest BCUT2D eigenvalue weighted by Crippen LogP contribution is -2.22. The smallest absolute Gasteiger partial charge is 0.0987 e. The van der Waals surface area contributed by atoms with Crippen molar-refractivity contribution in [3.05, 3.63) is 12.7 Å². The molecule has 1 aliphatic heterocycles. The van der Waals surface area contributed by atoms with Gasteiger partial charge in [-0.2, -0.15) is 0 Å². The van der Waals surface area contributed by atoms with Crippen LogP contribution in [-0.4, -0.2) is 78.8 Å². The molecule has 6 heteroatoms. The van der Waals surface area contributed by atoms with Gasteiger partial charge in [0.05, 0.1) is 78.8 Å². The number of hydrogen-bond acceptors (Lipinski definition) is 6. The second-order valence-corrected chi connectivity index (χ2v) is 4.17. The minimum Gasteiger partial charge on any atom is -0.377 e. The van der Waals surface area contributed by atoms with Crippen molar-refractivity contribution < 1.29 is 28.4 Å². The average Bonchev–Trinajstić information content (AvgIpc) is 2.47. The SMILES string of the molecule is C=CC1COCCOCCOCCOCCOCCO1. The van der Waals surface area contributed by atoms with E-state index >= 15 is 0 Å². The summed E-state index contributed by atoms with van der Waals surface area (Å²) in [5.74, 6) is 0. The molecule has 118 valence electrons. The number of hydrogen-bond donors (Lipinski definition) is 0. The Morgan fingerprint density at radius 1 is 0.600 bits per heavy atom. The van der Waals surface area contributed by atoms with E-state index in [0.29, 0.717) is 72.7 Å². The van der Waals surface area contributed by atoms with Crippen LogP contribution in [0.25, 0.3) is 0 Å². The first kappa shape index (κ1) is 17.6. The van der Waals surface area contributed by atoms with E-state index in [1.54, 1.807) is 6.08 Å². The van der Waals surface area contributed by atoms with Crippen molar-refractivity contribution in [1.29, 1.82) is 0 Å². The minimum absolute atomic E-state index is 0.114. The van der Waals surface area contributed by atoms with Gasteiger partial charge in [-0.05, 0) is 0 Å². The molecule has 1 atom stereocenters. The maximum absolute atomic E-state index is 5.57. The molecule has 1 unspecified atom stereocenters. The fourth-order valence-corrected chi connectivity index (χ4v) is 1.52. The summed E-state index contributed by atoms with van der Waals surface area (Å²) in [5.41, 5.74) is 0. The molecule has 0 aromatic rings. The second kappa shape index (κ2) is 13.5. The molecule has 1 saturated heterocycles. The van der Waals surface area contributed by atoms with Gasteiger partial charge in [-0.3, -0.25) is 0 Å². The van der Waals surface area contributed by atoms with E-state index in [4.69, 9.17) is 28.4 Å². The van der Waals surface area contributed by atoms with Crippen LogP contribution < -0.4 is 0 Å². The first-order valence-electron chi connectivity index (χ1n) is 7.06. The molecule has 20 heavy (non-hydrogen) atoms. The van der Waals surface area contributed by atoms with Crippen molar-refractivity contribution in [2.24, 2.45) is 0 Å². The highest BCUT2D eigenvalue weighted by atomic mass is 16.6. The molecule has 1 rings (SSSR count).